The molecule has 1 aromatic rings. The van der Waals surface area contributed by atoms with Crippen molar-refractivity contribution in [2.75, 3.05) is 6.61 Å². The van der Waals surface area contributed by atoms with Crippen molar-refractivity contribution in [1.29, 1.82) is 0 Å². The summed E-state index contributed by atoms with van der Waals surface area (Å²) in [6.45, 7) is 2.75. The zero-order chi connectivity index (χ0) is 14.1. The number of thiazole rings is 1. The van der Waals surface area contributed by atoms with E-state index in [1.165, 1.54) is 11.3 Å². The topological polar surface area (TPSA) is 104 Å². The number of aromatic nitrogens is 1. The van der Waals surface area contributed by atoms with Gasteiger partial charge in [-0.25, -0.2) is 4.98 Å². The normalized spacial score (nSPS) is 22.6. The van der Waals surface area contributed by atoms with E-state index in [2.05, 4.69) is 15.5 Å². The van der Waals surface area contributed by atoms with Crippen molar-refractivity contribution in [3.05, 3.63) is 16.6 Å². The van der Waals surface area contributed by atoms with Crippen molar-refractivity contribution in [3.8, 4) is 0 Å². The van der Waals surface area contributed by atoms with Crippen LogP contribution in [0.4, 0.5) is 0 Å². The van der Waals surface area contributed by atoms with Crippen LogP contribution in [0.1, 0.15) is 25.3 Å². The van der Waals surface area contributed by atoms with Gasteiger partial charge in [-0.05, 0) is 13.8 Å². The average Bonchev–Trinajstić information content (AvgIpc) is 2.97. The zero-order valence-corrected chi connectivity index (χ0v) is 11.4. The molecular formula is C11H15N3O4S. The Bertz CT molecular complexity index is 500. The molecule has 1 aromatic heterocycles. The molecule has 0 amide bonds. The molecule has 3 N–H and O–H groups in total. The number of rotatable bonds is 5. The van der Waals surface area contributed by atoms with Crippen LogP contribution in [0.25, 0.3) is 0 Å². The Kier molecular flexibility index (Phi) is 3.46. The van der Waals surface area contributed by atoms with Gasteiger partial charge < -0.3 is 14.9 Å². The van der Waals surface area contributed by atoms with Gasteiger partial charge in [-0.3, -0.25) is 10.2 Å². The van der Waals surface area contributed by atoms with Gasteiger partial charge in [-0.1, -0.05) is 0 Å². The minimum atomic E-state index is -1.22. The predicted octanol–water partition coefficient (Wildman–Crippen LogP) is 0.614. The predicted molar refractivity (Wildman–Crippen MR) is 68.7 cm³/mol. The fourth-order valence-corrected chi connectivity index (χ4v) is 2.35. The van der Waals surface area contributed by atoms with Crippen molar-refractivity contribution in [2.24, 2.45) is 10.5 Å². The van der Waals surface area contributed by atoms with E-state index in [0.29, 0.717) is 5.01 Å². The standard InChI is InChI=1S/C11H15N3O4S/c1-10(2,9(16)17)5-11(6-15)14-13-7(18-11)8-12-3-4-19-8/h3-4,14-15H,5-6H2,1-2H3,(H,16,17). The molecule has 0 spiro atoms. The summed E-state index contributed by atoms with van der Waals surface area (Å²) in [5.74, 6) is -0.696. The smallest absolute Gasteiger partial charge is 0.309 e. The largest absolute Gasteiger partial charge is 0.481 e. The SMILES string of the molecule is CC(C)(CC1(CO)NN=C(c2nccs2)O1)C(=O)O. The Morgan fingerprint density at radius 2 is 2.37 bits per heavy atom. The number of carboxylic acids is 1. The van der Waals surface area contributed by atoms with Crippen LogP contribution in [0.15, 0.2) is 16.7 Å². The second kappa shape index (κ2) is 4.78. The summed E-state index contributed by atoms with van der Waals surface area (Å²) in [5, 5.41) is 25.0. The lowest BCUT2D eigenvalue weighted by molar-refractivity contribution is -0.151. The summed E-state index contributed by atoms with van der Waals surface area (Å²) in [7, 11) is 0. The van der Waals surface area contributed by atoms with Gasteiger partial charge in [-0.2, -0.15) is 0 Å². The number of aliphatic carboxylic acids is 1. The number of ether oxygens (including phenoxy) is 1. The van der Waals surface area contributed by atoms with Crippen molar-refractivity contribution < 1.29 is 19.7 Å². The minimum absolute atomic E-state index is 0.0736. The van der Waals surface area contributed by atoms with Crippen LogP contribution in [-0.4, -0.2) is 39.4 Å². The summed E-state index contributed by atoms with van der Waals surface area (Å²) in [6.07, 6.45) is 1.69. The van der Waals surface area contributed by atoms with Crippen LogP contribution in [0, 0.1) is 5.41 Å². The molecule has 104 valence electrons. The van der Waals surface area contributed by atoms with Crippen molar-refractivity contribution in [1.82, 2.24) is 10.4 Å². The number of hydrogen-bond donors (Lipinski definition) is 3. The molecule has 0 aromatic carbocycles. The Morgan fingerprint density at radius 3 is 2.89 bits per heavy atom. The van der Waals surface area contributed by atoms with Crippen LogP contribution < -0.4 is 5.43 Å². The van der Waals surface area contributed by atoms with E-state index in [9.17, 15) is 9.90 Å². The second-order valence-corrected chi connectivity index (χ2v) is 5.88. The number of nitrogens with one attached hydrogen (secondary N) is 1. The fraction of sp³-hybridized carbons (Fsp3) is 0.545. The summed E-state index contributed by atoms with van der Waals surface area (Å²) in [4.78, 5) is 15.2. The first-order valence-electron chi connectivity index (χ1n) is 5.67. The molecule has 8 heteroatoms. The molecule has 2 rings (SSSR count). The molecule has 0 aliphatic carbocycles. The van der Waals surface area contributed by atoms with Crippen LogP contribution in [0.2, 0.25) is 0 Å². The molecule has 0 saturated carbocycles. The average molecular weight is 285 g/mol. The molecular weight excluding hydrogens is 270 g/mol. The molecule has 0 fully saturated rings. The third-order valence-corrected chi connectivity index (χ3v) is 3.59. The van der Waals surface area contributed by atoms with Gasteiger partial charge in [0.2, 0.25) is 5.72 Å². The third kappa shape index (κ3) is 2.69. The summed E-state index contributed by atoms with van der Waals surface area (Å²) in [6, 6.07) is 0. The van der Waals surface area contributed by atoms with Crippen molar-refractivity contribution >= 4 is 23.2 Å². The maximum absolute atomic E-state index is 11.2. The first kappa shape index (κ1) is 13.8. The summed E-state index contributed by atoms with van der Waals surface area (Å²) < 4.78 is 5.60. The quantitative estimate of drug-likeness (QED) is 0.732. The first-order valence-corrected chi connectivity index (χ1v) is 6.54. The van der Waals surface area contributed by atoms with Crippen LogP contribution in [-0.2, 0) is 9.53 Å². The maximum Gasteiger partial charge on any atom is 0.309 e. The van der Waals surface area contributed by atoms with Crippen LogP contribution in [0.5, 0.6) is 0 Å². The molecule has 1 atom stereocenters. The van der Waals surface area contributed by atoms with Gasteiger partial charge in [0.25, 0.3) is 5.90 Å². The molecule has 1 aliphatic heterocycles. The first-order chi connectivity index (χ1) is 8.88. The van der Waals surface area contributed by atoms with Gasteiger partial charge in [0.15, 0.2) is 5.01 Å². The van der Waals surface area contributed by atoms with Gasteiger partial charge in [0.05, 0.1) is 5.41 Å². The number of aliphatic hydroxyl groups excluding tert-OH is 1. The third-order valence-electron chi connectivity index (χ3n) is 2.83. The molecule has 0 saturated heterocycles. The number of aliphatic hydroxyl groups is 1. The summed E-state index contributed by atoms with van der Waals surface area (Å²) >= 11 is 1.35. The fourth-order valence-electron chi connectivity index (χ4n) is 1.79. The lowest BCUT2D eigenvalue weighted by atomic mass is 9.84. The molecule has 1 unspecified atom stereocenters. The van der Waals surface area contributed by atoms with E-state index in [0.717, 1.165) is 0 Å². The van der Waals surface area contributed by atoms with Gasteiger partial charge in [0.1, 0.15) is 6.61 Å². The number of hydrazone groups is 1. The van der Waals surface area contributed by atoms with E-state index in [1.807, 2.05) is 0 Å². The van der Waals surface area contributed by atoms with E-state index in [-0.39, 0.29) is 18.9 Å². The highest BCUT2D eigenvalue weighted by Crippen LogP contribution is 2.32. The van der Waals surface area contributed by atoms with Crippen LogP contribution in [0.3, 0.4) is 0 Å². The van der Waals surface area contributed by atoms with Crippen LogP contribution >= 0.6 is 11.3 Å². The lowest BCUT2D eigenvalue weighted by Crippen LogP contribution is -2.49. The molecule has 19 heavy (non-hydrogen) atoms. The Hall–Kier alpha value is -1.67. The van der Waals surface area contributed by atoms with E-state index >= 15 is 0 Å². The molecule has 0 bridgehead atoms. The molecule has 1 aliphatic rings. The highest BCUT2D eigenvalue weighted by atomic mass is 32.1. The summed E-state index contributed by atoms with van der Waals surface area (Å²) in [5.41, 5.74) is 0.417. The zero-order valence-electron chi connectivity index (χ0n) is 10.6. The second-order valence-electron chi connectivity index (χ2n) is 4.99. The van der Waals surface area contributed by atoms with Gasteiger partial charge in [0, 0.05) is 18.0 Å². The van der Waals surface area contributed by atoms with Crippen molar-refractivity contribution in [3.63, 3.8) is 0 Å². The van der Waals surface area contributed by atoms with E-state index in [1.54, 1.807) is 25.4 Å². The molecule has 7 nitrogen and oxygen atoms in total. The monoisotopic (exact) mass is 285 g/mol. The Labute approximate surface area is 113 Å². The lowest BCUT2D eigenvalue weighted by Gasteiger charge is -2.32. The Balaban J connectivity index is 2.14. The number of carbonyl (C=O) groups is 1. The van der Waals surface area contributed by atoms with E-state index in [4.69, 9.17) is 9.84 Å². The van der Waals surface area contributed by atoms with E-state index < -0.39 is 17.1 Å². The number of nitrogens with zero attached hydrogens (tertiary/aromatic N) is 2. The number of carboxylic acid groups (broad SMARTS) is 1. The van der Waals surface area contributed by atoms with Crippen molar-refractivity contribution in [2.45, 2.75) is 26.0 Å². The minimum Gasteiger partial charge on any atom is -0.481 e. The number of hydrogen-bond acceptors (Lipinski definition) is 7. The molecule has 0 radical (unpaired) electrons. The van der Waals surface area contributed by atoms with Gasteiger partial charge >= 0.3 is 5.97 Å². The Morgan fingerprint density at radius 1 is 1.63 bits per heavy atom. The highest BCUT2D eigenvalue weighted by molar-refractivity contribution is 7.11. The molecule has 2 heterocycles. The highest BCUT2D eigenvalue weighted by Gasteiger charge is 2.45. The van der Waals surface area contributed by atoms with Gasteiger partial charge in [-0.15, -0.1) is 16.4 Å². The maximum atomic E-state index is 11.2.